The maximum absolute atomic E-state index is 12.7. The van der Waals surface area contributed by atoms with Crippen LogP contribution in [0.25, 0.3) is 10.9 Å². The lowest BCUT2D eigenvalue weighted by molar-refractivity contribution is -0.386. The highest BCUT2D eigenvalue weighted by Crippen LogP contribution is 2.36. The molecule has 21 heavy (non-hydrogen) atoms. The van der Waals surface area contributed by atoms with Crippen molar-refractivity contribution in [2.45, 2.75) is 13.8 Å². The number of rotatable bonds is 3. The van der Waals surface area contributed by atoms with Gasteiger partial charge in [0.2, 0.25) is 5.75 Å². The molecule has 0 unspecified atom stereocenters. The molecule has 0 aliphatic heterocycles. The summed E-state index contributed by atoms with van der Waals surface area (Å²) in [5.41, 5.74) is -0.472. The number of hydrogen-bond acceptors (Lipinski definition) is 6. The van der Waals surface area contributed by atoms with Crippen molar-refractivity contribution in [2.24, 2.45) is 0 Å². The molecule has 0 fully saturated rings. The van der Waals surface area contributed by atoms with Gasteiger partial charge in [-0.15, -0.1) is 0 Å². The lowest BCUT2D eigenvalue weighted by Crippen LogP contribution is -2.06. The van der Waals surface area contributed by atoms with Crippen LogP contribution in [0.15, 0.2) is 18.2 Å². The Balaban J connectivity index is 2.80. The monoisotopic (exact) mass is 292 g/mol. The van der Waals surface area contributed by atoms with Crippen LogP contribution in [0, 0.1) is 17.0 Å². The summed E-state index contributed by atoms with van der Waals surface area (Å²) in [5, 5.41) is 11.5. The molecule has 0 spiro atoms. The lowest BCUT2D eigenvalue weighted by Gasteiger charge is -2.08. The molecule has 2 rings (SSSR count). The number of nitro benzene ring substituents is 1. The fraction of sp³-hybridized carbons (Fsp3) is 0.154. The first-order valence-electron chi connectivity index (χ1n) is 5.78. The largest absolute Gasteiger partial charge is 0.419 e. The summed E-state index contributed by atoms with van der Waals surface area (Å²) in [6.45, 7) is 2.55. The van der Waals surface area contributed by atoms with Crippen LogP contribution in [0.5, 0.6) is 5.75 Å². The number of ether oxygens (including phenoxy) is 1. The first-order chi connectivity index (χ1) is 9.81. The molecule has 108 valence electrons. The molecule has 1 heterocycles. The fourth-order valence-corrected chi connectivity index (χ4v) is 1.98. The Morgan fingerprint density at radius 2 is 2.05 bits per heavy atom. The number of carbonyl (C=O) groups is 2. The third-order valence-electron chi connectivity index (χ3n) is 2.82. The number of aromatic nitrogens is 1. The van der Waals surface area contributed by atoms with E-state index in [2.05, 4.69) is 4.98 Å². The number of pyridine rings is 1. The van der Waals surface area contributed by atoms with Gasteiger partial charge in [0, 0.05) is 23.9 Å². The molecular formula is C13H9FN2O5. The molecule has 0 aliphatic carbocycles. The topological polar surface area (TPSA) is 99.4 Å². The second kappa shape index (κ2) is 5.23. The van der Waals surface area contributed by atoms with E-state index in [1.54, 1.807) is 0 Å². The van der Waals surface area contributed by atoms with Crippen LogP contribution in [-0.4, -0.2) is 21.9 Å². The number of nitrogens with zero attached hydrogens (tertiary/aromatic N) is 2. The number of nitro groups is 1. The van der Waals surface area contributed by atoms with E-state index in [9.17, 15) is 24.1 Å². The molecule has 0 atom stereocenters. The summed E-state index contributed by atoms with van der Waals surface area (Å²) in [5.74, 6) is -1.04. The van der Waals surface area contributed by atoms with Crippen molar-refractivity contribution in [3.8, 4) is 5.75 Å². The molecule has 0 radical (unpaired) electrons. The number of aryl methyl sites for hydroxylation is 1. The second-order valence-corrected chi connectivity index (χ2v) is 4.24. The van der Waals surface area contributed by atoms with Crippen molar-refractivity contribution >= 4 is 28.6 Å². The van der Waals surface area contributed by atoms with Gasteiger partial charge in [-0.1, -0.05) is 0 Å². The standard InChI is InChI=1S/C13H9FN2O5/c1-6-8-3-4-9(13(14)18)15-10(8)5-11(21-7(2)17)12(6)16(19)20/h3-5H,1-2H3. The van der Waals surface area contributed by atoms with Gasteiger partial charge in [0.25, 0.3) is 0 Å². The van der Waals surface area contributed by atoms with Gasteiger partial charge < -0.3 is 4.74 Å². The fourth-order valence-electron chi connectivity index (χ4n) is 1.98. The van der Waals surface area contributed by atoms with Crippen LogP contribution in [0.1, 0.15) is 23.0 Å². The van der Waals surface area contributed by atoms with Gasteiger partial charge in [-0.2, -0.15) is 4.39 Å². The maximum atomic E-state index is 12.7. The molecule has 0 bridgehead atoms. The minimum atomic E-state index is -1.72. The number of hydrogen-bond donors (Lipinski definition) is 0. The van der Waals surface area contributed by atoms with Crippen LogP contribution in [-0.2, 0) is 4.79 Å². The van der Waals surface area contributed by atoms with Crippen LogP contribution < -0.4 is 4.74 Å². The van der Waals surface area contributed by atoms with E-state index in [1.165, 1.54) is 13.0 Å². The number of halogens is 1. The zero-order chi connectivity index (χ0) is 15.7. The maximum Gasteiger partial charge on any atom is 0.350 e. The Bertz CT molecular complexity index is 788. The Morgan fingerprint density at radius 1 is 1.38 bits per heavy atom. The van der Waals surface area contributed by atoms with Crippen molar-refractivity contribution in [3.63, 3.8) is 0 Å². The predicted molar refractivity (Wildman–Crippen MR) is 69.9 cm³/mol. The number of benzene rings is 1. The minimum absolute atomic E-state index is 0.123. The summed E-state index contributed by atoms with van der Waals surface area (Å²) < 4.78 is 17.5. The number of esters is 1. The van der Waals surface area contributed by atoms with E-state index >= 15 is 0 Å². The summed E-state index contributed by atoms with van der Waals surface area (Å²) >= 11 is 0. The van der Waals surface area contributed by atoms with Crippen molar-refractivity contribution in [2.75, 3.05) is 0 Å². The van der Waals surface area contributed by atoms with Crippen molar-refractivity contribution < 1.29 is 23.6 Å². The van der Waals surface area contributed by atoms with Crippen LogP contribution >= 0.6 is 0 Å². The van der Waals surface area contributed by atoms with Gasteiger partial charge in [0.05, 0.1) is 10.4 Å². The van der Waals surface area contributed by atoms with E-state index in [4.69, 9.17) is 4.74 Å². The first-order valence-corrected chi connectivity index (χ1v) is 5.78. The second-order valence-electron chi connectivity index (χ2n) is 4.24. The van der Waals surface area contributed by atoms with E-state index in [-0.39, 0.29) is 22.5 Å². The molecule has 0 saturated heterocycles. The summed E-state index contributed by atoms with van der Waals surface area (Å²) in [4.78, 5) is 35.9. The van der Waals surface area contributed by atoms with E-state index in [0.29, 0.717) is 5.39 Å². The first kappa shape index (κ1) is 14.5. The average molecular weight is 292 g/mol. The SMILES string of the molecule is CC(=O)Oc1cc2nc(C(=O)F)ccc2c(C)c1[N+](=O)[O-]. The van der Waals surface area contributed by atoms with Gasteiger partial charge in [0.1, 0.15) is 5.69 Å². The Kier molecular flexibility index (Phi) is 3.62. The average Bonchev–Trinajstić information content (AvgIpc) is 2.36. The zero-order valence-corrected chi connectivity index (χ0v) is 11.0. The molecule has 1 aromatic carbocycles. The summed E-state index contributed by atoms with van der Waals surface area (Å²) in [6, 6.07) is 1.90. The highest BCUT2D eigenvalue weighted by molar-refractivity contribution is 5.94. The van der Waals surface area contributed by atoms with E-state index < -0.39 is 22.6 Å². The van der Waals surface area contributed by atoms with E-state index in [1.807, 2.05) is 0 Å². The third-order valence-corrected chi connectivity index (χ3v) is 2.82. The molecule has 2 aromatic rings. The third kappa shape index (κ3) is 2.69. The number of fused-ring (bicyclic) bond motifs is 1. The Hall–Kier alpha value is -2.90. The lowest BCUT2D eigenvalue weighted by atomic mass is 10.1. The van der Waals surface area contributed by atoms with Crippen LogP contribution in [0.4, 0.5) is 10.1 Å². The van der Waals surface area contributed by atoms with Crippen LogP contribution in [0.2, 0.25) is 0 Å². The quantitative estimate of drug-likeness (QED) is 0.283. The molecule has 0 N–H and O–H groups in total. The summed E-state index contributed by atoms with van der Waals surface area (Å²) in [6.07, 6.45) is 0. The molecule has 7 nitrogen and oxygen atoms in total. The highest BCUT2D eigenvalue weighted by Gasteiger charge is 2.24. The van der Waals surface area contributed by atoms with Gasteiger partial charge in [-0.25, -0.2) is 4.98 Å². The van der Waals surface area contributed by atoms with Crippen molar-refractivity contribution in [1.82, 2.24) is 4.98 Å². The Morgan fingerprint density at radius 3 is 2.57 bits per heavy atom. The normalized spacial score (nSPS) is 10.4. The summed E-state index contributed by atoms with van der Waals surface area (Å²) in [7, 11) is 0. The molecular weight excluding hydrogens is 283 g/mol. The predicted octanol–water partition coefficient (Wildman–Crippen LogP) is 2.49. The molecule has 0 amide bonds. The van der Waals surface area contributed by atoms with E-state index in [0.717, 1.165) is 19.1 Å². The van der Waals surface area contributed by atoms with Crippen LogP contribution in [0.3, 0.4) is 0 Å². The van der Waals surface area contributed by atoms with Gasteiger partial charge >= 0.3 is 17.7 Å². The smallest absolute Gasteiger partial charge is 0.350 e. The van der Waals surface area contributed by atoms with Crippen molar-refractivity contribution in [3.05, 3.63) is 39.6 Å². The highest BCUT2D eigenvalue weighted by atomic mass is 19.1. The van der Waals surface area contributed by atoms with Gasteiger partial charge in [-0.05, 0) is 19.1 Å². The molecule has 1 aromatic heterocycles. The van der Waals surface area contributed by atoms with Gasteiger partial charge in [0.15, 0.2) is 0 Å². The van der Waals surface area contributed by atoms with Crippen molar-refractivity contribution in [1.29, 1.82) is 0 Å². The molecule has 8 heteroatoms. The zero-order valence-electron chi connectivity index (χ0n) is 11.0. The minimum Gasteiger partial charge on any atom is -0.419 e. The number of carbonyl (C=O) groups excluding carboxylic acids is 2. The Labute approximate surface area is 117 Å². The molecule has 0 saturated carbocycles. The molecule has 0 aliphatic rings. The van der Waals surface area contributed by atoms with Gasteiger partial charge in [-0.3, -0.25) is 19.7 Å².